The molecular weight excluding hydrogens is 316 g/mol. The third-order valence-corrected chi connectivity index (χ3v) is 4.23. The third-order valence-electron chi connectivity index (χ3n) is 3.98. The van der Waals surface area contributed by atoms with Crippen molar-refractivity contribution in [1.82, 2.24) is 19.7 Å². The van der Waals surface area contributed by atoms with E-state index in [1.54, 1.807) is 16.7 Å². The molecule has 0 aliphatic carbocycles. The SMILES string of the molecule is O=C(Cn1nc2n(c1=O)CCCCC2)NCc1ccc(Cl)cc1. The summed E-state index contributed by atoms with van der Waals surface area (Å²) < 4.78 is 2.96. The number of amides is 1. The molecule has 0 unspecified atom stereocenters. The molecule has 1 N–H and O–H groups in total. The van der Waals surface area contributed by atoms with Gasteiger partial charge in [0.05, 0.1) is 0 Å². The number of benzene rings is 1. The van der Waals surface area contributed by atoms with Gasteiger partial charge in [0.2, 0.25) is 5.91 Å². The van der Waals surface area contributed by atoms with Crippen LogP contribution in [-0.2, 0) is 30.8 Å². The maximum Gasteiger partial charge on any atom is 0.346 e. The van der Waals surface area contributed by atoms with Crippen molar-refractivity contribution < 1.29 is 4.79 Å². The van der Waals surface area contributed by atoms with E-state index in [0.717, 1.165) is 37.1 Å². The molecule has 122 valence electrons. The van der Waals surface area contributed by atoms with Crippen LogP contribution >= 0.6 is 11.6 Å². The van der Waals surface area contributed by atoms with Gasteiger partial charge >= 0.3 is 5.69 Å². The molecule has 2 heterocycles. The Morgan fingerprint density at radius 3 is 2.78 bits per heavy atom. The molecule has 0 atom stereocenters. The first-order chi connectivity index (χ1) is 11.1. The van der Waals surface area contributed by atoms with Gasteiger partial charge in [0.25, 0.3) is 0 Å². The summed E-state index contributed by atoms with van der Waals surface area (Å²) in [6, 6.07) is 7.27. The number of nitrogens with one attached hydrogen (secondary N) is 1. The fraction of sp³-hybridized carbons (Fsp3) is 0.438. The molecule has 1 aromatic carbocycles. The van der Waals surface area contributed by atoms with Crippen LogP contribution in [0.15, 0.2) is 29.1 Å². The Labute approximate surface area is 139 Å². The number of hydrogen-bond donors (Lipinski definition) is 1. The van der Waals surface area contributed by atoms with Crippen LogP contribution in [0.2, 0.25) is 5.02 Å². The van der Waals surface area contributed by atoms with Crippen molar-refractivity contribution in [3.8, 4) is 0 Å². The molecule has 7 heteroatoms. The number of hydrogen-bond acceptors (Lipinski definition) is 3. The van der Waals surface area contributed by atoms with Crippen LogP contribution in [0.25, 0.3) is 0 Å². The van der Waals surface area contributed by atoms with Gasteiger partial charge in [0.1, 0.15) is 12.4 Å². The maximum atomic E-state index is 12.3. The second-order valence-electron chi connectivity index (χ2n) is 5.72. The van der Waals surface area contributed by atoms with E-state index >= 15 is 0 Å². The van der Waals surface area contributed by atoms with E-state index in [-0.39, 0.29) is 18.1 Å². The zero-order valence-corrected chi connectivity index (χ0v) is 13.6. The highest BCUT2D eigenvalue weighted by atomic mass is 35.5. The number of carbonyl (C=O) groups is 1. The molecule has 0 saturated heterocycles. The van der Waals surface area contributed by atoms with Gasteiger partial charge in [-0.05, 0) is 30.5 Å². The lowest BCUT2D eigenvalue weighted by Crippen LogP contribution is -2.33. The lowest BCUT2D eigenvalue weighted by atomic mass is 10.2. The summed E-state index contributed by atoms with van der Waals surface area (Å²) in [5, 5.41) is 7.76. The highest BCUT2D eigenvalue weighted by Gasteiger charge is 2.17. The molecule has 3 rings (SSSR count). The lowest BCUT2D eigenvalue weighted by molar-refractivity contribution is -0.122. The standard InChI is InChI=1S/C16H19ClN4O2/c17-13-7-5-12(6-8-13)10-18-15(22)11-21-16(23)20-9-3-1-2-4-14(20)19-21/h5-8H,1-4,9-11H2,(H,18,22). The Kier molecular flexibility index (Phi) is 4.81. The minimum atomic E-state index is -0.227. The number of aryl methyl sites for hydroxylation is 1. The lowest BCUT2D eigenvalue weighted by Gasteiger charge is -2.05. The molecule has 1 aromatic heterocycles. The zero-order valence-electron chi connectivity index (χ0n) is 12.8. The monoisotopic (exact) mass is 334 g/mol. The number of carbonyl (C=O) groups excluding carboxylic acids is 1. The minimum absolute atomic E-state index is 0.0492. The summed E-state index contributed by atoms with van der Waals surface area (Å²) in [5.74, 6) is 0.563. The second kappa shape index (κ2) is 7.00. The smallest absolute Gasteiger partial charge is 0.346 e. The molecule has 1 aliphatic heterocycles. The Balaban J connectivity index is 1.62. The van der Waals surface area contributed by atoms with Crippen molar-refractivity contribution in [2.45, 2.75) is 45.3 Å². The van der Waals surface area contributed by atoms with Crippen molar-refractivity contribution >= 4 is 17.5 Å². The molecule has 1 amide bonds. The van der Waals surface area contributed by atoms with E-state index in [9.17, 15) is 9.59 Å². The van der Waals surface area contributed by atoms with Crippen molar-refractivity contribution in [2.24, 2.45) is 0 Å². The number of halogens is 1. The molecule has 0 bridgehead atoms. The second-order valence-corrected chi connectivity index (χ2v) is 6.16. The van der Waals surface area contributed by atoms with Gasteiger partial charge < -0.3 is 5.32 Å². The molecule has 0 fully saturated rings. The van der Waals surface area contributed by atoms with Gasteiger partial charge in [-0.2, -0.15) is 5.10 Å². The van der Waals surface area contributed by atoms with Crippen molar-refractivity contribution in [3.05, 3.63) is 51.2 Å². The number of aromatic nitrogens is 3. The summed E-state index contributed by atoms with van der Waals surface area (Å²) >= 11 is 5.82. The molecule has 1 aliphatic rings. The number of nitrogens with zero attached hydrogens (tertiary/aromatic N) is 3. The highest BCUT2D eigenvalue weighted by Crippen LogP contribution is 2.10. The van der Waals surface area contributed by atoms with Gasteiger partial charge in [-0.25, -0.2) is 9.48 Å². The van der Waals surface area contributed by atoms with E-state index in [1.165, 1.54) is 4.68 Å². The Hall–Kier alpha value is -2.08. The molecule has 23 heavy (non-hydrogen) atoms. The Morgan fingerprint density at radius 1 is 1.22 bits per heavy atom. The Morgan fingerprint density at radius 2 is 2.00 bits per heavy atom. The van der Waals surface area contributed by atoms with Gasteiger partial charge in [-0.3, -0.25) is 9.36 Å². The van der Waals surface area contributed by atoms with Crippen LogP contribution in [0.3, 0.4) is 0 Å². The molecule has 0 spiro atoms. The molecule has 0 saturated carbocycles. The van der Waals surface area contributed by atoms with Gasteiger partial charge in [0, 0.05) is 24.5 Å². The van der Waals surface area contributed by atoms with Crippen molar-refractivity contribution in [1.29, 1.82) is 0 Å². The van der Waals surface area contributed by atoms with Gasteiger partial charge in [0.15, 0.2) is 0 Å². The van der Waals surface area contributed by atoms with E-state index < -0.39 is 0 Å². The van der Waals surface area contributed by atoms with Gasteiger partial charge in [-0.1, -0.05) is 30.2 Å². The summed E-state index contributed by atoms with van der Waals surface area (Å²) in [7, 11) is 0. The zero-order chi connectivity index (χ0) is 16.2. The third kappa shape index (κ3) is 3.82. The van der Waals surface area contributed by atoms with E-state index in [0.29, 0.717) is 18.1 Å². The van der Waals surface area contributed by atoms with Crippen molar-refractivity contribution in [2.75, 3.05) is 0 Å². The van der Waals surface area contributed by atoms with Crippen LogP contribution in [-0.4, -0.2) is 20.3 Å². The molecular formula is C16H19ClN4O2. The summed E-state index contributed by atoms with van der Waals surface area (Å²) in [6.45, 7) is 1.05. The Bertz CT molecular complexity index is 748. The van der Waals surface area contributed by atoms with Crippen LogP contribution in [0.4, 0.5) is 0 Å². The molecule has 2 aromatic rings. The molecule has 6 nitrogen and oxygen atoms in total. The van der Waals surface area contributed by atoms with E-state index in [4.69, 9.17) is 11.6 Å². The van der Waals surface area contributed by atoms with Crippen LogP contribution in [0, 0.1) is 0 Å². The minimum Gasteiger partial charge on any atom is -0.350 e. The average molecular weight is 335 g/mol. The first-order valence-electron chi connectivity index (χ1n) is 7.81. The van der Waals surface area contributed by atoms with Crippen LogP contribution < -0.4 is 11.0 Å². The largest absolute Gasteiger partial charge is 0.350 e. The summed E-state index contributed by atoms with van der Waals surface area (Å²) in [4.78, 5) is 24.3. The predicted molar refractivity (Wildman–Crippen MR) is 87.3 cm³/mol. The van der Waals surface area contributed by atoms with Gasteiger partial charge in [-0.15, -0.1) is 0 Å². The highest BCUT2D eigenvalue weighted by molar-refractivity contribution is 6.30. The quantitative estimate of drug-likeness (QED) is 0.926. The first kappa shape index (κ1) is 15.8. The fourth-order valence-electron chi connectivity index (χ4n) is 2.72. The fourth-order valence-corrected chi connectivity index (χ4v) is 2.85. The maximum absolute atomic E-state index is 12.3. The average Bonchev–Trinajstić information content (AvgIpc) is 2.72. The number of rotatable bonds is 4. The topological polar surface area (TPSA) is 68.9 Å². The predicted octanol–water partition coefficient (Wildman–Crippen LogP) is 1.74. The first-order valence-corrected chi connectivity index (χ1v) is 8.19. The molecule has 0 radical (unpaired) electrons. The summed E-state index contributed by atoms with van der Waals surface area (Å²) in [6.07, 6.45) is 3.94. The van der Waals surface area contributed by atoms with Crippen LogP contribution in [0.1, 0.15) is 30.7 Å². The summed E-state index contributed by atoms with van der Waals surface area (Å²) in [5.41, 5.74) is 0.763. The normalized spacial score (nSPS) is 14.1. The van der Waals surface area contributed by atoms with E-state index in [2.05, 4.69) is 10.4 Å². The van der Waals surface area contributed by atoms with Crippen molar-refractivity contribution in [3.63, 3.8) is 0 Å². The van der Waals surface area contributed by atoms with Crippen LogP contribution in [0.5, 0.6) is 0 Å². The van der Waals surface area contributed by atoms with E-state index in [1.807, 2.05) is 12.1 Å². The number of fused-ring (bicyclic) bond motifs is 1.